The predicted octanol–water partition coefficient (Wildman–Crippen LogP) is 2.55. The highest BCUT2D eigenvalue weighted by atomic mass is 16.5. The van der Waals surface area contributed by atoms with Crippen LogP contribution in [0.5, 0.6) is 0 Å². The van der Waals surface area contributed by atoms with E-state index in [0.29, 0.717) is 6.42 Å². The van der Waals surface area contributed by atoms with Gasteiger partial charge >= 0.3 is 0 Å². The van der Waals surface area contributed by atoms with Crippen molar-refractivity contribution in [2.75, 3.05) is 6.54 Å². The van der Waals surface area contributed by atoms with Crippen molar-refractivity contribution in [3.05, 3.63) is 34.0 Å². The largest absolute Gasteiger partial charge is 0.361 e. The van der Waals surface area contributed by atoms with Crippen LogP contribution in [-0.2, 0) is 18.3 Å². The molecule has 0 saturated carbocycles. The second kappa shape index (κ2) is 5.83. The lowest BCUT2D eigenvalue weighted by Crippen LogP contribution is -2.32. The highest BCUT2D eigenvalue weighted by molar-refractivity contribution is 5.80. The first-order chi connectivity index (χ1) is 10.9. The van der Waals surface area contributed by atoms with E-state index in [0.717, 1.165) is 47.8 Å². The minimum absolute atomic E-state index is 0.136. The summed E-state index contributed by atoms with van der Waals surface area (Å²) < 4.78 is 7.08. The van der Waals surface area contributed by atoms with Crippen molar-refractivity contribution in [1.82, 2.24) is 19.8 Å². The van der Waals surface area contributed by atoms with Crippen LogP contribution >= 0.6 is 0 Å². The van der Waals surface area contributed by atoms with E-state index < -0.39 is 0 Å². The summed E-state index contributed by atoms with van der Waals surface area (Å²) in [6.45, 7) is 8.65. The molecule has 2 aromatic rings. The SMILES string of the molecule is Cc1noc(C)c1CC(=O)N1CCC[C@@H]1c1c(C)nn(C)c1C. The second-order valence-corrected chi connectivity index (χ2v) is 6.43. The Morgan fingerprint density at radius 3 is 2.57 bits per heavy atom. The van der Waals surface area contributed by atoms with Gasteiger partial charge in [0.15, 0.2) is 0 Å². The molecule has 1 fully saturated rings. The fraction of sp³-hybridized carbons (Fsp3) is 0.588. The maximum absolute atomic E-state index is 12.9. The van der Waals surface area contributed by atoms with Crippen LogP contribution in [0.1, 0.15) is 52.9 Å². The zero-order chi connectivity index (χ0) is 16.7. The van der Waals surface area contributed by atoms with Gasteiger partial charge in [0, 0.05) is 30.4 Å². The summed E-state index contributed by atoms with van der Waals surface area (Å²) in [5, 5.41) is 8.45. The topological polar surface area (TPSA) is 64.2 Å². The van der Waals surface area contributed by atoms with Crippen LogP contribution in [0.25, 0.3) is 0 Å². The fourth-order valence-corrected chi connectivity index (χ4v) is 3.64. The van der Waals surface area contributed by atoms with E-state index in [1.54, 1.807) is 0 Å². The molecule has 23 heavy (non-hydrogen) atoms. The summed E-state index contributed by atoms with van der Waals surface area (Å²) in [6, 6.07) is 0.136. The van der Waals surface area contributed by atoms with E-state index in [4.69, 9.17) is 4.52 Å². The number of nitrogens with zero attached hydrogens (tertiary/aromatic N) is 4. The highest BCUT2D eigenvalue weighted by Gasteiger charge is 2.33. The molecular formula is C17H24N4O2. The molecule has 2 aromatic heterocycles. The maximum Gasteiger partial charge on any atom is 0.227 e. The molecule has 124 valence electrons. The average molecular weight is 316 g/mol. The third-order valence-electron chi connectivity index (χ3n) is 4.98. The molecule has 1 aliphatic heterocycles. The Labute approximate surface area is 136 Å². The Morgan fingerprint density at radius 2 is 2.00 bits per heavy atom. The van der Waals surface area contributed by atoms with Crippen molar-refractivity contribution in [3.8, 4) is 0 Å². The number of aryl methyl sites for hydroxylation is 4. The predicted molar refractivity (Wildman–Crippen MR) is 86.1 cm³/mol. The maximum atomic E-state index is 12.9. The lowest BCUT2D eigenvalue weighted by Gasteiger charge is -2.25. The number of amides is 1. The Kier molecular flexibility index (Phi) is 4.00. The molecular weight excluding hydrogens is 292 g/mol. The van der Waals surface area contributed by atoms with Gasteiger partial charge in [0.25, 0.3) is 0 Å². The molecule has 0 aliphatic carbocycles. The third kappa shape index (κ3) is 2.66. The standard InChI is InChI=1S/C17H24N4O2/c1-10-14(13(4)23-19-10)9-16(22)21-8-6-7-15(21)17-11(2)18-20(5)12(17)3/h15H,6-9H2,1-5H3/t15-/m1/s1. The lowest BCUT2D eigenvalue weighted by atomic mass is 10.0. The summed E-state index contributed by atoms with van der Waals surface area (Å²) >= 11 is 0. The number of carbonyl (C=O) groups is 1. The molecule has 6 heteroatoms. The van der Waals surface area contributed by atoms with Crippen molar-refractivity contribution in [3.63, 3.8) is 0 Å². The van der Waals surface area contributed by atoms with Gasteiger partial charge in [0.2, 0.25) is 5.91 Å². The molecule has 1 atom stereocenters. The Bertz CT molecular complexity index is 725. The van der Waals surface area contributed by atoms with E-state index in [-0.39, 0.29) is 11.9 Å². The van der Waals surface area contributed by atoms with Crippen LogP contribution in [0.15, 0.2) is 4.52 Å². The van der Waals surface area contributed by atoms with Gasteiger partial charge in [0.05, 0.1) is 23.9 Å². The summed E-state index contributed by atoms with van der Waals surface area (Å²) in [7, 11) is 1.96. The van der Waals surface area contributed by atoms with Crippen molar-refractivity contribution in [1.29, 1.82) is 0 Å². The van der Waals surface area contributed by atoms with Crippen LogP contribution < -0.4 is 0 Å². The second-order valence-electron chi connectivity index (χ2n) is 6.43. The average Bonchev–Trinajstić information content (AvgIpc) is 3.15. The van der Waals surface area contributed by atoms with E-state index >= 15 is 0 Å². The summed E-state index contributed by atoms with van der Waals surface area (Å²) in [5.74, 6) is 0.880. The zero-order valence-electron chi connectivity index (χ0n) is 14.5. The Hall–Kier alpha value is -2.11. The van der Waals surface area contributed by atoms with Crippen molar-refractivity contribution in [2.45, 2.75) is 53.0 Å². The Morgan fingerprint density at radius 1 is 1.26 bits per heavy atom. The van der Waals surface area contributed by atoms with E-state index in [1.807, 2.05) is 37.4 Å². The number of rotatable bonds is 3. The van der Waals surface area contributed by atoms with Gasteiger partial charge in [-0.1, -0.05) is 5.16 Å². The van der Waals surface area contributed by atoms with Gasteiger partial charge in [-0.3, -0.25) is 9.48 Å². The Balaban J connectivity index is 1.85. The summed E-state index contributed by atoms with van der Waals surface area (Å²) in [6.07, 6.45) is 2.39. The quantitative estimate of drug-likeness (QED) is 0.873. The van der Waals surface area contributed by atoms with E-state index in [1.165, 1.54) is 5.56 Å². The molecule has 1 aliphatic rings. The minimum Gasteiger partial charge on any atom is -0.361 e. The monoisotopic (exact) mass is 316 g/mol. The molecule has 0 radical (unpaired) electrons. The first-order valence-corrected chi connectivity index (χ1v) is 8.11. The number of aromatic nitrogens is 3. The molecule has 0 bridgehead atoms. The van der Waals surface area contributed by atoms with Gasteiger partial charge in [-0.05, 0) is 40.5 Å². The van der Waals surface area contributed by atoms with Crippen LogP contribution in [-0.4, -0.2) is 32.3 Å². The van der Waals surface area contributed by atoms with Crippen LogP contribution in [0, 0.1) is 27.7 Å². The molecule has 3 rings (SSSR count). The van der Waals surface area contributed by atoms with Crippen molar-refractivity contribution >= 4 is 5.91 Å². The van der Waals surface area contributed by atoms with Gasteiger partial charge in [-0.15, -0.1) is 0 Å². The minimum atomic E-state index is 0.136. The molecule has 6 nitrogen and oxygen atoms in total. The van der Waals surface area contributed by atoms with E-state index in [2.05, 4.69) is 17.2 Å². The third-order valence-corrected chi connectivity index (χ3v) is 4.98. The van der Waals surface area contributed by atoms with E-state index in [9.17, 15) is 4.79 Å². The van der Waals surface area contributed by atoms with Crippen molar-refractivity contribution in [2.24, 2.45) is 7.05 Å². The first-order valence-electron chi connectivity index (χ1n) is 8.11. The number of hydrogen-bond acceptors (Lipinski definition) is 4. The molecule has 1 amide bonds. The van der Waals surface area contributed by atoms with Gasteiger partial charge in [-0.2, -0.15) is 5.10 Å². The van der Waals surface area contributed by atoms with Crippen LogP contribution in [0.4, 0.5) is 0 Å². The molecule has 0 spiro atoms. The zero-order valence-corrected chi connectivity index (χ0v) is 14.5. The molecule has 0 N–H and O–H groups in total. The number of likely N-dealkylation sites (tertiary alicyclic amines) is 1. The summed E-state index contributed by atoms with van der Waals surface area (Å²) in [5.41, 5.74) is 5.09. The number of hydrogen-bond donors (Lipinski definition) is 0. The van der Waals surface area contributed by atoms with Gasteiger partial charge < -0.3 is 9.42 Å². The molecule has 0 aromatic carbocycles. The van der Waals surface area contributed by atoms with Crippen LogP contribution in [0.3, 0.4) is 0 Å². The molecule has 0 unspecified atom stereocenters. The molecule has 1 saturated heterocycles. The highest BCUT2D eigenvalue weighted by Crippen LogP contribution is 2.36. The van der Waals surface area contributed by atoms with Crippen molar-refractivity contribution < 1.29 is 9.32 Å². The smallest absolute Gasteiger partial charge is 0.227 e. The van der Waals surface area contributed by atoms with Gasteiger partial charge in [-0.25, -0.2) is 0 Å². The number of carbonyl (C=O) groups excluding carboxylic acids is 1. The lowest BCUT2D eigenvalue weighted by molar-refractivity contribution is -0.131. The molecule has 3 heterocycles. The normalized spacial score (nSPS) is 18.0. The fourth-order valence-electron chi connectivity index (χ4n) is 3.64. The van der Waals surface area contributed by atoms with Crippen LogP contribution in [0.2, 0.25) is 0 Å². The van der Waals surface area contributed by atoms with Gasteiger partial charge in [0.1, 0.15) is 5.76 Å². The first kappa shape index (κ1) is 15.8. The summed E-state index contributed by atoms with van der Waals surface area (Å²) in [4.78, 5) is 14.9.